The summed E-state index contributed by atoms with van der Waals surface area (Å²) in [7, 11) is 0. The van der Waals surface area contributed by atoms with Crippen molar-refractivity contribution in [3.8, 4) is 0 Å². The molecule has 114 valence electrons. The van der Waals surface area contributed by atoms with Crippen LogP contribution in [0.2, 0.25) is 0 Å². The molecular weight excluding hydrogens is 260 g/mol. The molecule has 0 bridgehead atoms. The lowest BCUT2D eigenvalue weighted by molar-refractivity contribution is -0.129. The lowest BCUT2D eigenvalue weighted by Gasteiger charge is -2.26. The number of hydrogen-bond acceptors (Lipinski definition) is 2. The first-order valence-electron chi connectivity index (χ1n) is 8.20. The molecule has 1 aliphatic carbocycles. The standard InChI is InChI=1S/C18H26N2O/c1-12-6-7-13(2)16(11-12)17-19-14(3)18(21)20(17)10-4-5-15-8-9-15/h6-7,11,14-15,17,19H,4-5,8-10H2,1-3H3. The Morgan fingerprint density at radius 1 is 1.29 bits per heavy atom. The summed E-state index contributed by atoms with van der Waals surface area (Å²) in [4.78, 5) is 14.5. The first kappa shape index (κ1) is 14.6. The third kappa shape index (κ3) is 3.13. The molecule has 0 spiro atoms. The first-order chi connectivity index (χ1) is 10.1. The molecule has 3 heteroatoms. The van der Waals surface area contributed by atoms with Crippen LogP contribution in [0.5, 0.6) is 0 Å². The van der Waals surface area contributed by atoms with Crippen LogP contribution in [0.15, 0.2) is 18.2 Å². The Kier molecular flexibility index (Phi) is 4.03. The average Bonchev–Trinajstić information content (AvgIpc) is 3.23. The van der Waals surface area contributed by atoms with E-state index in [1.807, 2.05) is 6.92 Å². The van der Waals surface area contributed by atoms with E-state index in [4.69, 9.17) is 0 Å². The molecule has 2 atom stereocenters. The molecule has 2 fully saturated rings. The topological polar surface area (TPSA) is 32.3 Å². The predicted molar refractivity (Wildman–Crippen MR) is 84.9 cm³/mol. The van der Waals surface area contributed by atoms with Crippen LogP contribution in [-0.4, -0.2) is 23.4 Å². The highest BCUT2D eigenvalue weighted by Crippen LogP contribution is 2.34. The van der Waals surface area contributed by atoms with Crippen LogP contribution < -0.4 is 5.32 Å². The van der Waals surface area contributed by atoms with Crippen LogP contribution in [0.1, 0.15) is 55.5 Å². The van der Waals surface area contributed by atoms with E-state index in [0.717, 1.165) is 18.9 Å². The van der Waals surface area contributed by atoms with Gasteiger partial charge in [0.05, 0.1) is 6.04 Å². The molecule has 1 saturated carbocycles. The van der Waals surface area contributed by atoms with Crippen LogP contribution in [-0.2, 0) is 4.79 Å². The summed E-state index contributed by atoms with van der Waals surface area (Å²) in [6.45, 7) is 7.10. The molecule has 3 nitrogen and oxygen atoms in total. The maximum atomic E-state index is 12.4. The second-order valence-electron chi connectivity index (χ2n) is 6.77. The zero-order chi connectivity index (χ0) is 15.0. The van der Waals surface area contributed by atoms with E-state index in [1.54, 1.807) is 0 Å². The van der Waals surface area contributed by atoms with Gasteiger partial charge in [-0.2, -0.15) is 0 Å². The molecule has 0 radical (unpaired) electrons. The minimum Gasteiger partial charge on any atom is -0.322 e. The van der Waals surface area contributed by atoms with Crippen LogP contribution >= 0.6 is 0 Å². The van der Waals surface area contributed by atoms with Gasteiger partial charge in [-0.3, -0.25) is 10.1 Å². The lowest BCUT2D eigenvalue weighted by Crippen LogP contribution is -2.32. The zero-order valence-corrected chi connectivity index (χ0v) is 13.4. The van der Waals surface area contributed by atoms with E-state index in [0.29, 0.717) is 0 Å². The summed E-state index contributed by atoms with van der Waals surface area (Å²) in [5.41, 5.74) is 3.76. The van der Waals surface area contributed by atoms with Crippen molar-refractivity contribution < 1.29 is 4.79 Å². The number of amides is 1. The van der Waals surface area contributed by atoms with Gasteiger partial charge in [-0.15, -0.1) is 0 Å². The molecule has 2 aliphatic rings. The van der Waals surface area contributed by atoms with Gasteiger partial charge < -0.3 is 4.90 Å². The number of carbonyl (C=O) groups is 1. The SMILES string of the molecule is Cc1ccc(C)c(C2NC(C)C(=O)N2CCCC2CC2)c1. The Morgan fingerprint density at radius 3 is 2.76 bits per heavy atom. The highest BCUT2D eigenvalue weighted by molar-refractivity contribution is 5.84. The van der Waals surface area contributed by atoms with Gasteiger partial charge in [-0.25, -0.2) is 0 Å². The van der Waals surface area contributed by atoms with Crippen LogP contribution in [0.25, 0.3) is 0 Å². The molecule has 1 aromatic rings. The summed E-state index contributed by atoms with van der Waals surface area (Å²) in [6.07, 6.45) is 5.24. The number of carbonyl (C=O) groups excluding carboxylic acids is 1. The van der Waals surface area contributed by atoms with Gasteiger partial charge in [0.2, 0.25) is 5.91 Å². The van der Waals surface area contributed by atoms with E-state index in [-0.39, 0.29) is 18.1 Å². The van der Waals surface area contributed by atoms with E-state index in [2.05, 4.69) is 42.3 Å². The number of nitrogens with zero attached hydrogens (tertiary/aromatic N) is 1. The maximum absolute atomic E-state index is 12.4. The lowest BCUT2D eigenvalue weighted by atomic mass is 10.0. The number of hydrogen-bond donors (Lipinski definition) is 1. The van der Waals surface area contributed by atoms with Crippen molar-refractivity contribution in [2.75, 3.05) is 6.54 Å². The fourth-order valence-corrected chi connectivity index (χ4v) is 3.28. The molecule has 3 rings (SSSR count). The van der Waals surface area contributed by atoms with Crippen LogP contribution in [0, 0.1) is 19.8 Å². The minimum atomic E-state index is -0.0733. The van der Waals surface area contributed by atoms with Gasteiger partial charge in [0.15, 0.2) is 0 Å². The molecule has 1 aromatic carbocycles. The van der Waals surface area contributed by atoms with Crippen molar-refractivity contribution in [2.24, 2.45) is 5.92 Å². The van der Waals surface area contributed by atoms with E-state index < -0.39 is 0 Å². The Bertz CT molecular complexity index is 536. The second kappa shape index (κ2) is 5.80. The van der Waals surface area contributed by atoms with Crippen molar-refractivity contribution in [2.45, 2.75) is 58.7 Å². The molecule has 1 heterocycles. The van der Waals surface area contributed by atoms with Crippen molar-refractivity contribution in [1.82, 2.24) is 10.2 Å². The molecule has 1 N–H and O–H groups in total. The first-order valence-corrected chi connectivity index (χ1v) is 8.20. The summed E-state index contributed by atoms with van der Waals surface area (Å²) < 4.78 is 0. The van der Waals surface area contributed by atoms with E-state index in [1.165, 1.54) is 36.0 Å². The van der Waals surface area contributed by atoms with Gasteiger partial charge in [0, 0.05) is 6.54 Å². The largest absolute Gasteiger partial charge is 0.322 e. The summed E-state index contributed by atoms with van der Waals surface area (Å²) in [5.74, 6) is 1.18. The zero-order valence-electron chi connectivity index (χ0n) is 13.4. The summed E-state index contributed by atoms with van der Waals surface area (Å²) in [6, 6.07) is 6.43. The Balaban J connectivity index is 1.76. The monoisotopic (exact) mass is 286 g/mol. The molecule has 1 saturated heterocycles. The number of nitrogens with one attached hydrogen (secondary N) is 1. The fraction of sp³-hybridized carbons (Fsp3) is 0.611. The third-order valence-electron chi connectivity index (χ3n) is 4.81. The molecule has 0 aromatic heterocycles. The molecule has 21 heavy (non-hydrogen) atoms. The third-order valence-corrected chi connectivity index (χ3v) is 4.81. The van der Waals surface area contributed by atoms with Crippen molar-refractivity contribution >= 4 is 5.91 Å². The number of benzene rings is 1. The Hall–Kier alpha value is -1.35. The maximum Gasteiger partial charge on any atom is 0.241 e. The van der Waals surface area contributed by atoms with Gasteiger partial charge in [-0.1, -0.05) is 36.6 Å². The number of aryl methyl sites for hydroxylation is 2. The second-order valence-corrected chi connectivity index (χ2v) is 6.77. The molecule has 1 amide bonds. The Morgan fingerprint density at radius 2 is 2.05 bits per heavy atom. The van der Waals surface area contributed by atoms with Crippen molar-refractivity contribution in [3.63, 3.8) is 0 Å². The average molecular weight is 286 g/mol. The minimum absolute atomic E-state index is 0.0478. The Labute approximate surface area is 127 Å². The fourth-order valence-electron chi connectivity index (χ4n) is 3.28. The normalized spacial score (nSPS) is 25.7. The van der Waals surface area contributed by atoms with Gasteiger partial charge in [0.25, 0.3) is 0 Å². The van der Waals surface area contributed by atoms with Crippen LogP contribution in [0.4, 0.5) is 0 Å². The van der Waals surface area contributed by atoms with E-state index in [9.17, 15) is 4.79 Å². The summed E-state index contributed by atoms with van der Waals surface area (Å²) in [5, 5.41) is 3.47. The quantitative estimate of drug-likeness (QED) is 0.900. The highest BCUT2D eigenvalue weighted by atomic mass is 16.2. The smallest absolute Gasteiger partial charge is 0.241 e. The van der Waals surface area contributed by atoms with E-state index >= 15 is 0 Å². The predicted octanol–water partition coefficient (Wildman–Crippen LogP) is 3.31. The van der Waals surface area contributed by atoms with Gasteiger partial charge in [0.1, 0.15) is 6.17 Å². The van der Waals surface area contributed by atoms with Crippen molar-refractivity contribution in [1.29, 1.82) is 0 Å². The number of rotatable bonds is 5. The molecular formula is C18H26N2O. The van der Waals surface area contributed by atoms with Crippen LogP contribution in [0.3, 0.4) is 0 Å². The highest BCUT2D eigenvalue weighted by Gasteiger charge is 2.37. The van der Waals surface area contributed by atoms with Gasteiger partial charge >= 0.3 is 0 Å². The molecule has 2 unspecified atom stereocenters. The molecule has 1 aliphatic heterocycles. The summed E-state index contributed by atoms with van der Waals surface area (Å²) >= 11 is 0. The van der Waals surface area contributed by atoms with Gasteiger partial charge in [-0.05, 0) is 50.7 Å². The van der Waals surface area contributed by atoms with Crippen molar-refractivity contribution in [3.05, 3.63) is 34.9 Å².